The van der Waals surface area contributed by atoms with Gasteiger partial charge in [0.2, 0.25) is 0 Å². The van der Waals surface area contributed by atoms with E-state index in [0.717, 1.165) is 0 Å². The number of hydrogen-bond donors (Lipinski definition) is 0. The molecule has 1 rings (SSSR count). The average molecular weight is 226 g/mol. The Labute approximate surface area is 95.4 Å². The molecule has 0 fully saturated rings. The second-order valence-corrected chi connectivity index (χ2v) is 5.47. The van der Waals surface area contributed by atoms with E-state index in [4.69, 9.17) is 0 Å². The molecule has 0 aliphatic carbocycles. The average Bonchev–Trinajstić information content (AvgIpc) is 2.25. The topological polar surface area (TPSA) is 30.0 Å². The minimum atomic E-state index is 0. The smallest absolute Gasteiger partial charge is 0.0889 e. The van der Waals surface area contributed by atoms with E-state index in [1.807, 2.05) is 0 Å². The van der Waals surface area contributed by atoms with Gasteiger partial charge in [-0.25, -0.2) is 0 Å². The number of unbranched alkanes of at least 4 members (excludes halogenated alkanes) is 4. The highest BCUT2D eigenvalue weighted by Crippen LogP contribution is 2.13. The first kappa shape index (κ1) is 14.6. The molecular formula is C13H23OP. The van der Waals surface area contributed by atoms with E-state index in [9.17, 15) is 0 Å². The Morgan fingerprint density at radius 3 is 2.27 bits per heavy atom. The van der Waals surface area contributed by atoms with E-state index in [1.54, 1.807) is 5.30 Å². The molecule has 1 nitrogen and oxygen atoms in total. The molecule has 0 aliphatic rings. The van der Waals surface area contributed by atoms with E-state index in [1.165, 1.54) is 38.3 Å². The maximum absolute atomic E-state index is 2.27. The quantitative estimate of drug-likeness (QED) is 0.517. The third-order valence-corrected chi connectivity index (χ3v) is 4.04. The SMILES string of the molecule is CCCCCCC[PH2+]c1ccccc1.[OH-]. The summed E-state index contributed by atoms with van der Waals surface area (Å²) in [4.78, 5) is 0. The zero-order valence-electron chi connectivity index (χ0n) is 9.65. The van der Waals surface area contributed by atoms with Gasteiger partial charge in [0.15, 0.2) is 0 Å². The van der Waals surface area contributed by atoms with Crippen molar-refractivity contribution in [3.63, 3.8) is 0 Å². The lowest BCUT2D eigenvalue weighted by Crippen LogP contribution is -1.93. The summed E-state index contributed by atoms with van der Waals surface area (Å²) in [6, 6.07) is 10.9. The molecular weight excluding hydrogens is 203 g/mol. The van der Waals surface area contributed by atoms with Crippen LogP contribution in [0.5, 0.6) is 0 Å². The standard InChI is InChI=1S/C13H21P.H2O/c1-2-3-4-5-9-12-14-13-10-7-6-8-11-13;/h6-8,10-11,14H,2-5,9,12H2,1H3;1H2. The predicted octanol–water partition coefficient (Wildman–Crippen LogP) is 3.52. The van der Waals surface area contributed by atoms with Gasteiger partial charge in [-0.15, -0.1) is 0 Å². The maximum atomic E-state index is 2.27. The highest BCUT2D eigenvalue weighted by Gasteiger charge is 1.98. The van der Waals surface area contributed by atoms with Crippen molar-refractivity contribution in [3.05, 3.63) is 30.3 Å². The monoisotopic (exact) mass is 226 g/mol. The minimum Gasteiger partial charge on any atom is -0.870 e. The summed E-state index contributed by atoms with van der Waals surface area (Å²) in [6.07, 6.45) is 8.52. The normalized spacial score (nSPS) is 10.5. The van der Waals surface area contributed by atoms with Gasteiger partial charge >= 0.3 is 0 Å². The van der Waals surface area contributed by atoms with Crippen molar-refractivity contribution >= 4 is 13.9 Å². The minimum absolute atomic E-state index is 0. The summed E-state index contributed by atoms with van der Waals surface area (Å²) in [7, 11) is 0.535. The molecule has 1 atom stereocenters. The van der Waals surface area contributed by atoms with Gasteiger partial charge in [0.05, 0.1) is 11.5 Å². The first-order valence-electron chi connectivity index (χ1n) is 5.81. The van der Waals surface area contributed by atoms with Crippen molar-refractivity contribution in [3.8, 4) is 0 Å². The summed E-state index contributed by atoms with van der Waals surface area (Å²) in [5, 5.41) is 1.57. The van der Waals surface area contributed by atoms with Gasteiger partial charge in [0, 0.05) is 8.58 Å². The van der Waals surface area contributed by atoms with E-state index in [0.29, 0.717) is 8.58 Å². The van der Waals surface area contributed by atoms with E-state index >= 15 is 0 Å². The molecule has 15 heavy (non-hydrogen) atoms. The van der Waals surface area contributed by atoms with Gasteiger partial charge < -0.3 is 5.48 Å². The zero-order valence-corrected chi connectivity index (χ0v) is 10.8. The van der Waals surface area contributed by atoms with Gasteiger partial charge in [0.1, 0.15) is 0 Å². The zero-order chi connectivity index (χ0) is 10.1. The molecule has 0 radical (unpaired) electrons. The van der Waals surface area contributed by atoms with Gasteiger partial charge in [-0.2, -0.15) is 0 Å². The van der Waals surface area contributed by atoms with Crippen molar-refractivity contribution in [1.29, 1.82) is 0 Å². The first-order valence-corrected chi connectivity index (χ1v) is 7.21. The molecule has 0 aromatic heterocycles. The Morgan fingerprint density at radius 1 is 0.933 bits per heavy atom. The van der Waals surface area contributed by atoms with Gasteiger partial charge in [0.25, 0.3) is 0 Å². The number of benzene rings is 1. The van der Waals surface area contributed by atoms with Crippen LogP contribution in [0, 0.1) is 0 Å². The molecule has 1 aromatic rings. The van der Waals surface area contributed by atoms with Gasteiger partial charge in [-0.1, -0.05) is 44.4 Å². The van der Waals surface area contributed by atoms with Crippen molar-refractivity contribution in [2.24, 2.45) is 0 Å². The number of rotatable bonds is 7. The fourth-order valence-electron chi connectivity index (χ4n) is 1.61. The molecule has 0 spiro atoms. The van der Waals surface area contributed by atoms with Crippen molar-refractivity contribution in [2.45, 2.75) is 39.0 Å². The summed E-state index contributed by atoms with van der Waals surface area (Å²) < 4.78 is 0. The van der Waals surface area contributed by atoms with Crippen molar-refractivity contribution in [2.75, 3.05) is 6.16 Å². The van der Waals surface area contributed by atoms with Crippen molar-refractivity contribution in [1.82, 2.24) is 0 Å². The van der Waals surface area contributed by atoms with Crippen LogP contribution in [0.3, 0.4) is 0 Å². The lowest BCUT2D eigenvalue weighted by Gasteiger charge is -1.96. The fourth-order valence-corrected chi connectivity index (χ4v) is 2.93. The van der Waals surface area contributed by atoms with Crippen LogP contribution in [-0.4, -0.2) is 11.6 Å². The van der Waals surface area contributed by atoms with Gasteiger partial charge in [-0.05, 0) is 25.0 Å². The fraction of sp³-hybridized carbons (Fsp3) is 0.538. The Morgan fingerprint density at radius 2 is 1.60 bits per heavy atom. The second-order valence-electron chi connectivity index (χ2n) is 3.82. The van der Waals surface area contributed by atoms with Crippen LogP contribution in [0.25, 0.3) is 0 Å². The molecule has 0 amide bonds. The lowest BCUT2D eigenvalue weighted by atomic mass is 10.2. The van der Waals surface area contributed by atoms with E-state index < -0.39 is 0 Å². The predicted molar refractivity (Wildman–Crippen MR) is 71.3 cm³/mol. The molecule has 86 valence electrons. The maximum Gasteiger partial charge on any atom is 0.0889 e. The van der Waals surface area contributed by atoms with Crippen LogP contribution in [0.1, 0.15) is 39.0 Å². The van der Waals surface area contributed by atoms with Crippen LogP contribution in [0.4, 0.5) is 0 Å². The van der Waals surface area contributed by atoms with Gasteiger partial charge in [-0.3, -0.25) is 0 Å². The molecule has 0 aliphatic heterocycles. The Hall–Kier alpha value is -0.390. The molecule has 2 heteroatoms. The first-order chi connectivity index (χ1) is 6.93. The summed E-state index contributed by atoms with van der Waals surface area (Å²) >= 11 is 0. The van der Waals surface area contributed by atoms with Crippen molar-refractivity contribution < 1.29 is 5.48 Å². The third kappa shape index (κ3) is 7.53. The van der Waals surface area contributed by atoms with E-state index in [-0.39, 0.29) is 5.48 Å². The Bertz CT molecular complexity index is 223. The van der Waals surface area contributed by atoms with E-state index in [2.05, 4.69) is 37.3 Å². The largest absolute Gasteiger partial charge is 0.870 e. The molecule has 0 bridgehead atoms. The summed E-state index contributed by atoms with van der Waals surface area (Å²) in [5.74, 6) is 0. The molecule has 0 saturated carbocycles. The highest BCUT2D eigenvalue weighted by molar-refractivity contribution is 7.47. The summed E-state index contributed by atoms with van der Waals surface area (Å²) in [6.45, 7) is 2.27. The second kappa shape index (κ2) is 10.1. The molecule has 1 N–H and O–H groups in total. The lowest BCUT2D eigenvalue weighted by molar-refractivity contribution is 0.659. The Kier molecular flexibility index (Phi) is 9.88. The molecule has 1 aromatic carbocycles. The summed E-state index contributed by atoms with van der Waals surface area (Å²) in [5.41, 5.74) is 0. The van der Waals surface area contributed by atoms with Crippen LogP contribution in [0.2, 0.25) is 0 Å². The van der Waals surface area contributed by atoms with Crippen LogP contribution in [0.15, 0.2) is 30.3 Å². The molecule has 0 saturated heterocycles. The third-order valence-electron chi connectivity index (χ3n) is 2.49. The highest BCUT2D eigenvalue weighted by atomic mass is 31.1. The Balaban J connectivity index is 0.00000196. The van der Waals surface area contributed by atoms with Crippen LogP contribution < -0.4 is 5.30 Å². The molecule has 1 unspecified atom stereocenters. The van der Waals surface area contributed by atoms with Crippen LogP contribution in [-0.2, 0) is 0 Å². The molecule has 0 heterocycles. The number of hydrogen-bond acceptors (Lipinski definition) is 1. The van der Waals surface area contributed by atoms with Crippen LogP contribution >= 0.6 is 8.58 Å².